The standard InChI is InChI=1S/2C25H40O6.Ca.3H2O/c2*1-6-25(4,5)24(30)31-21-12-15(2)11-17-8-7-16(3)20(23(17)21)10-9-18(26)13-19(27)14-22(28)29;;;;/h2*7-8,11,15-16,18-21,23,26-27H,6,9-10,12-14H2,1-5H3,(H,28,29);;3*1H2/q;;+2;;;/p-2. The third-order valence-corrected chi connectivity index (χ3v) is 14.1. The van der Waals surface area contributed by atoms with Crippen molar-refractivity contribution in [1.82, 2.24) is 0 Å². The number of carbonyl (C=O) groups is 4. The van der Waals surface area contributed by atoms with Crippen LogP contribution in [-0.4, -0.2) is 135 Å². The first-order valence-electron chi connectivity index (χ1n) is 23.2. The molecule has 0 fully saturated rings. The minimum Gasteiger partial charge on any atom is -0.550 e. The zero-order valence-corrected chi connectivity index (χ0v) is 43.5. The summed E-state index contributed by atoms with van der Waals surface area (Å²) in [5, 5.41) is 61.5. The van der Waals surface area contributed by atoms with Gasteiger partial charge in [0, 0.05) is 36.6 Å². The Labute approximate surface area is 423 Å². The molecule has 0 spiro atoms. The summed E-state index contributed by atoms with van der Waals surface area (Å²) in [7, 11) is 0. The molecule has 4 aliphatic rings. The molecule has 0 saturated carbocycles. The van der Waals surface area contributed by atoms with E-state index in [9.17, 15) is 49.8 Å². The Morgan fingerprint density at radius 2 is 0.939 bits per heavy atom. The average molecular weight is 965 g/mol. The number of aliphatic hydroxyl groups excluding tert-OH is 4. The van der Waals surface area contributed by atoms with E-state index < -0.39 is 60.0 Å². The Morgan fingerprint density at radius 1 is 0.621 bits per heavy atom. The molecule has 4 aliphatic carbocycles. The minimum absolute atomic E-state index is 0. The number of carboxylic acids is 2. The van der Waals surface area contributed by atoms with E-state index in [0.717, 1.165) is 12.8 Å². The number of hydrogen-bond acceptors (Lipinski definition) is 12. The predicted molar refractivity (Wildman–Crippen MR) is 250 cm³/mol. The van der Waals surface area contributed by atoms with Crippen LogP contribution >= 0.6 is 0 Å². The first-order chi connectivity index (χ1) is 28.9. The fraction of sp³-hybridized carbons (Fsp3) is 0.760. The Hall–Kier alpha value is -2.18. The van der Waals surface area contributed by atoms with Crippen molar-refractivity contribution in [1.29, 1.82) is 0 Å². The van der Waals surface area contributed by atoms with Crippen molar-refractivity contribution in [2.75, 3.05) is 0 Å². The molecule has 0 aromatic rings. The quantitative estimate of drug-likeness (QED) is 0.101. The topological polar surface area (TPSA) is 308 Å². The van der Waals surface area contributed by atoms with Crippen molar-refractivity contribution < 1.29 is 75.7 Å². The number of fused-ring (bicyclic) bond motifs is 2. The Kier molecular flexibility index (Phi) is 29.7. The van der Waals surface area contributed by atoms with E-state index in [1.807, 2.05) is 41.5 Å². The molecule has 14 unspecified atom stereocenters. The molecular weight excluding hydrogens is 881 g/mol. The molecule has 10 N–H and O–H groups in total. The molecule has 0 radical (unpaired) electrons. The zero-order valence-electron chi connectivity index (χ0n) is 41.3. The number of ether oxygens (including phenoxy) is 2. The molecule has 0 saturated heterocycles. The van der Waals surface area contributed by atoms with E-state index >= 15 is 0 Å². The van der Waals surface area contributed by atoms with Crippen molar-refractivity contribution in [2.45, 2.75) is 183 Å². The van der Waals surface area contributed by atoms with Gasteiger partial charge in [-0.05, 0) is 139 Å². The molecule has 0 bridgehead atoms. The second-order valence-corrected chi connectivity index (χ2v) is 20.3. The monoisotopic (exact) mass is 965 g/mol. The largest absolute Gasteiger partial charge is 2.00 e. The van der Waals surface area contributed by atoms with E-state index in [-0.39, 0.29) is 127 Å². The van der Waals surface area contributed by atoms with Gasteiger partial charge in [-0.25, -0.2) is 0 Å². The molecule has 15 nitrogen and oxygen atoms in total. The SMILES string of the molecule is CCC(C)(C)C(=O)OC1CC(C)C=C2C=CC(C)C(CCC(O)CC(O)CC(=O)[O-])C21.CCC(C)(C)C(=O)OC1CC(C)C=C2C=CC(C)C(CCC(O)CC(O)CC(=O)[O-])C21.O.O.O.[Ca+2]. The summed E-state index contributed by atoms with van der Waals surface area (Å²) >= 11 is 0. The van der Waals surface area contributed by atoms with Gasteiger partial charge in [-0.15, -0.1) is 0 Å². The Bertz CT molecular complexity index is 1520. The second kappa shape index (κ2) is 29.8. The summed E-state index contributed by atoms with van der Waals surface area (Å²) in [4.78, 5) is 46.9. The first-order valence-corrected chi connectivity index (χ1v) is 23.2. The van der Waals surface area contributed by atoms with Crippen LogP contribution in [0, 0.1) is 58.2 Å². The van der Waals surface area contributed by atoms with Gasteiger partial charge in [-0.1, -0.05) is 78.0 Å². The maximum Gasteiger partial charge on any atom is 2.00 e. The van der Waals surface area contributed by atoms with Gasteiger partial charge >= 0.3 is 49.7 Å². The predicted octanol–water partition coefficient (Wildman–Crippen LogP) is 2.69. The van der Waals surface area contributed by atoms with Crippen LogP contribution in [0.25, 0.3) is 0 Å². The van der Waals surface area contributed by atoms with Crippen LogP contribution in [0.5, 0.6) is 0 Å². The van der Waals surface area contributed by atoms with E-state index in [2.05, 4.69) is 64.2 Å². The van der Waals surface area contributed by atoms with Crippen LogP contribution in [0.3, 0.4) is 0 Å². The van der Waals surface area contributed by atoms with Gasteiger partial charge < -0.3 is 66.1 Å². The number of aliphatic carboxylic acids is 2. The van der Waals surface area contributed by atoms with Crippen LogP contribution in [0.15, 0.2) is 47.6 Å². The van der Waals surface area contributed by atoms with E-state index in [1.54, 1.807) is 0 Å². The maximum absolute atomic E-state index is 12.8. The van der Waals surface area contributed by atoms with Gasteiger partial charge in [-0.3, -0.25) is 9.59 Å². The average Bonchev–Trinajstić information content (AvgIpc) is 3.16. The molecule has 14 atom stereocenters. The number of hydrogen-bond donors (Lipinski definition) is 4. The van der Waals surface area contributed by atoms with Crippen LogP contribution in [-0.2, 0) is 28.7 Å². The van der Waals surface area contributed by atoms with Gasteiger partial charge in [0.05, 0.1) is 35.2 Å². The van der Waals surface area contributed by atoms with Crippen LogP contribution < -0.4 is 10.2 Å². The molecule has 0 aromatic carbocycles. The summed E-state index contributed by atoms with van der Waals surface area (Å²) in [6.07, 6.45) is 13.3. The molecule has 0 aromatic heterocycles. The second-order valence-electron chi connectivity index (χ2n) is 20.3. The fourth-order valence-corrected chi connectivity index (χ4v) is 9.51. The van der Waals surface area contributed by atoms with Crippen molar-refractivity contribution >= 4 is 61.6 Å². The number of rotatable bonds is 20. The third kappa shape index (κ3) is 19.7. The fourth-order valence-electron chi connectivity index (χ4n) is 9.51. The Morgan fingerprint density at radius 3 is 1.23 bits per heavy atom. The van der Waals surface area contributed by atoms with Gasteiger partial charge in [0.2, 0.25) is 0 Å². The molecule has 0 amide bonds. The molecular formula is C50H84CaO15. The number of esters is 2. The summed E-state index contributed by atoms with van der Waals surface area (Å²) in [6, 6.07) is 0. The number of aliphatic hydroxyl groups is 4. The molecule has 0 heterocycles. The van der Waals surface area contributed by atoms with Gasteiger partial charge in [0.1, 0.15) is 12.2 Å². The maximum atomic E-state index is 12.8. The summed E-state index contributed by atoms with van der Waals surface area (Å²) in [6.45, 7) is 20.2. The number of carbonyl (C=O) groups excluding carboxylic acids is 4. The summed E-state index contributed by atoms with van der Waals surface area (Å²) < 4.78 is 12.2. The van der Waals surface area contributed by atoms with Crippen molar-refractivity contribution in [2.24, 2.45) is 58.2 Å². The molecule has 16 heteroatoms. The summed E-state index contributed by atoms with van der Waals surface area (Å²) in [5.74, 6) is -1.28. The van der Waals surface area contributed by atoms with Crippen molar-refractivity contribution in [3.05, 3.63) is 47.6 Å². The Balaban J connectivity index is 0. The number of carboxylic acid groups (broad SMARTS) is 2. The number of allylic oxidation sites excluding steroid dienone is 6. The summed E-state index contributed by atoms with van der Waals surface area (Å²) in [5.41, 5.74) is 1.34. The molecule has 0 aliphatic heterocycles. The van der Waals surface area contributed by atoms with Crippen LogP contribution in [0.2, 0.25) is 0 Å². The van der Waals surface area contributed by atoms with Gasteiger partial charge in [-0.2, -0.15) is 0 Å². The van der Waals surface area contributed by atoms with Crippen molar-refractivity contribution in [3.8, 4) is 0 Å². The van der Waals surface area contributed by atoms with Gasteiger partial charge in [0.15, 0.2) is 0 Å². The zero-order chi connectivity index (χ0) is 46.7. The minimum atomic E-state index is -1.32. The first kappa shape index (κ1) is 65.9. The van der Waals surface area contributed by atoms with Crippen LogP contribution in [0.4, 0.5) is 0 Å². The smallest absolute Gasteiger partial charge is 0.550 e. The normalized spacial score (nSPS) is 28.3. The molecule has 376 valence electrons. The van der Waals surface area contributed by atoms with E-state index in [4.69, 9.17) is 9.47 Å². The van der Waals surface area contributed by atoms with E-state index in [0.29, 0.717) is 50.4 Å². The molecule has 66 heavy (non-hydrogen) atoms. The third-order valence-electron chi connectivity index (χ3n) is 14.1. The van der Waals surface area contributed by atoms with Crippen LogP contribution in [0.1, 0.15) is 146 Å². The van der Waals surface area contributed by atoms with E-state index in [1.165, 1.54) is 11.1 Å². The molecule has 4 rings (SSSR count). The van der Waals surface area contributed by atoms with Gasteiger partial charge in [0.25, 0.3) is 0 Å². The van der Waals surface area contributed by atoms with Crippen molar-refractivity contribution in [3.63, 3.8) is 0 Å².